The predicted octanol–water partition coefficient (Wildman–Crippen LogP) is 2.85. The molecule has 0 radical (unpaired) electrons. The average molecular weight is 264 g/mol. The van der Waals surface area contributed by atoms with Crippen molar-refractivity contribution in [2.75, 3.05) is 19.8 Å². The molecule has 104 valence electrons. The van der Waals surface area contributed by atoms with E-state index in [1.54, 1.807) is 6.07 Å². The van der Waals surface area contributed by atoms with Gasteiger partial charge >= 0.3 is 0 Å². The largest absolute Gasteiger partial charge is 0.380 e. The van der Waals surface area contributed by atoms with Gasteiger partial charge in [0.05, 0.1) is 18.2 Å². The first-order chi connectivity index (χ1) is 9.13. The normalized spacial score (nSPS) is 10.7. The van der Waals surface area contributed by atoms with Crippen molar-refractivity contribution in [2.45, 2.75) is 26.8 Å². The Labute approximate surface area is 114 Å². The molecule has 0 saturated heterocycles. The van der Waals surface area contributed by atoms with Crippen LogP contribution in [-0.2, 0) is 11.3 Å². The summed E-state index contributed by atoms with van der Waals surface area (Å²) in [5, 5.41) is 11.9. The number of ether oxygens (including phenoxy) is 1. The zero-order chi connectivity index (χ0) is 14.1. The van der Waals surface area contributed by atoms with Crippen molar-refractivity contribution in [1.29, 1.82) is 5.26 Å². The lowest BCUT2D eigenvalue weighted by atomic mass is 10.1. The molecule has 4 heteroatoms. The number of hydrogen-bond donors (Lipinski definition) is 1. The van der Waals surface area contributed by atoms with Gasteiger partial charge in [-0.05, 0) is 30.5 Å². The highest BCUT2D eigenvalue weighted by molar-refractivity contribution is 5.33. The van der Waals surface area contributed by atoms with E-state index < -0.39 is 0 Å². The van der Waals surface area contributed by atoms with Crippen LogP contribution < -0.4 is 5.32 Å². The zero-order valence-corrected chi connectivity index (χ0v) is 11.6. The molecule has 1 N–H and O–H groups in total. The fourth-order valence-electron chi connectivity index (χ4n) is 1.57. The SMILES string of the molecule is CC(C)CCOCCNCc1cc(C#N)ccc1F. The Balaban J connectivity index is 2.21. The van der Waals surface area contributed by atoms with Gasteiger partial charge in [-0.3, -0.25) is 0 Å². The number of nitrogens with zero attached hydrogens (tertiary/aromatic N) is 1. The molecule has 0 aliphatic rings. The molecular formula is C15H21FN2O. The van der Waals surface area contributed by atoms with Gasteiger partial charge in [-0.1, -0.05) is 13.8 Å². The van der Waals surface area contributed by atoms with E-state index in [-0.39, 0.29) is 5.82 Å². The Kier molecular flexibility index (Phi) is 7.09. The molecule has 0 fully saturated rings. The van der Waals surface area contributed by atoms with Crippen LogP contribution in [0.3, 0.4) is 0 Å². The summed E-state index contributed by atoms with van der Waals surface area (Å²) in [6.45, 7) is 6.78. The Morgan fingerprint density at radius 2 is 2.16 bits per heavy atom. The second kappa shape index (κ2) is 8.63. The monoisotopic (exact) mass is 264 g/mol. The predicted molar refractivity (Wildman–Crippen MR) is 73.1 cm³/mol. The maximum atomic E-state index is 13.4. The molecule has 0 aliphatic heterocycles. The van der Waals surface area contributed by atoms with Gasteiger partial charge in [0.15, 0.2) is 0 Å². The first-order valence-electron chi connectivity index (χ1n) is 6.60. The summed E-state index contributed by atoms with van der Waals surface area (Å²) < 4.78 is 18.9. The van der Waals surface area contributed by atoms with Crippen LogP contribution in [0.25, 0.3) is 0 Å². The van der Waals surface area contributed by atoms with Crippen molar-refractivity contribution >= 4 is 0 Å². The number of nitriles is 1. The van der Waals surface area contributed by atoms with Crippen LogP contribution in [0.1, 0.15) is 31.4 Å². The van der Waals surface area contributed by atoms with E-state index in [1.165, 1.54) is 12.1 Å². The van der Waals surface area contributed by atoms with Crippen LogP contribution in [0.5, 0.6) is 0 Å². The summed E-state index contributed by atoms with van der Waals surface area (Å²) in [5.74, 6) is 0.364. The summed E-state index contributed by atoms with van der Waals surface area (Å²) >= 11 is 0. The Bertz CT molecular complexity index is 427. The maximum absolute atomic E-state index is 13.4. The Hall–Kier alpha value is -1.44. The minimum absolute atomic E-state index is 0.285. The van der Waals surface area contributed by atoms with Crippen molar-refractivity contribution in [2.24, 2.45) is 5.92 Å². The van der Waals surface area contributed by atoms with Crippen molar-refractivity contribution in [3.05, 3.63) is 35.1 Å². The molecule has 1 rings (SSSR count). The van der Waals surface area contributed by atoms with Crippen LogP contribution in [0, 0.1) is 23.1 Å². The summed E-state index contributed by atoms with van der Waals surface area (Å²) in [4.78, 5) is 0. The Morgan fingerprint density at radius 3 is 2.84 bits per heavy atom. The molecule has 0 saturated carbocycles. The summed E-state index contributed by atoms with van der Waals surface area (Å²) in [6, 6.07) is 6.38. The van der Waals surface area contributed by atoms with Gasteiger partial charge in [0.1, 0.15) is 5.82 Å². The van der Waals surface area contributed by atoms with Crippen LogP contribution in [0.2, 0.25) is 0 Å². The van der Waals surface area contributed by atoms with Crippen molar-refractivity contribution in [3.8, 4) is 6.07 Å². The third-order valence-electron chi connectivity index (χ3n) is 2.75. The zero-order valence-electron chi connectivity index (χ0n) is 11.6. The van der Waals surface area contributed by atoms with Gasteiger partial charge in [0.2, 0.25) is 0 Å². The van der Waals surface area contributed by atoms with E-state index in [4.69, 9.17) is 10.00 Å². The van der Waals surface area contributed by atoms with E-state index in [2.05, 4.69) is 19.2 Å². The highest BCUT2D eigenvalue weighted by Crippen LogP contribution is 2.09. The van der Waals surface area contributed by atoms with Crippen molar-refractivity contribution in [3.63, 3.8) is 0 Å². The minimum atomic E-state index is -0.285. The second-order valence-electron chi connectivity index (χ2n) is 4.89. The average Bonchev–Trinajstić information content (AvgIpc) is 2.39. The third kappa shape index (κ3) is 6.32. The molecule has 0 unspecified atom stereocenters. The molecular weight excluding hydrogens is 243 g/mol. The number of nitrogens with one attached hydrogen (secondary N) is 1. The molecule has 0 spiro atoms. The van der Waals surface area contributed by atoms with E-state index in [0.29, 0.717) is 36.7 Å². The molecule has 3 nitrogen and oxygen atoms in total. The van der Waals surface area contributed by atoms with Crippen LogP contribution in [0.15, 0.2) is 18.2 Å². The van der Waals surface area contributed by atoms with Gasteiger partial charge < -0.3 is 10.1 Å². The van der Waals surface area contributed by atoms with Crippen LogP contribution >= 0.6 is 0 Å². The molecule has 0 atom stereocenters. The molecule has 0 bridgehead atoms. The lowest BCUT2D eigenvalue weighted by Crippen LogP contribution is -2.20. The molecule has 0 amide bonds. The molecule has 0 aromatic heterocycles. The van der Waals surface area contributed by atoms with E-state index in [9.17, 15) is 4.39 Å². The van der Waals surface area contributed by atoms with Gasteiger partial charge in [0.25, 0.3) is 0 Å². The summed E-state index contributed by atoms with van der Waals surface area (Å²) in [5.41, 5.74) is 0.993. The summed E-state index contributed by atoms with van der Waals surface area (Å²) in [7, 11) is 0. The quantitative estimate of drug-likeness (QED) is 0.734. The smallest absolute Gasteiger partial charge is 0.127 e. The maximum Gasteiger partial charge on any atom is 0.127 e. The molecule has 0 aliphatic carbocycles. The van der Waals surface area contributed by atoms with Crippen molar-refractivity contribution in [1.82, 2.24) is 5.32 Å². The molecule has 0 heterocycles. The topological polar surface area (TPSA) is 45.0 Å². The first-order valence-corrected chi connectivity index (χ1v) is 6.60. The number of hydrogen-bond acceptors (Lipinski definition) is 3. The van der Waals surface area contributed by atoms with Gasteiger partial charge in [-0.2, -0.15) is 5.26 Å². The first kappa shape index (κ1) is 15.6. The second-order valence-corrected chi connectivity index (χ2v) is 4.89. The van der Waals surface area contributed by atoms with Gasteiger partial charge in [0, 0.05) is 25.3 Å². The lowest BCUT2D eigenvalue weighted by Gasteiger charge is -2.08. The summed E-state index contributed by atoms with van der Waals surface area (Å²) in [6.07, 6.45) is 1.05. The van der Waals surface area contributed by atoms with Crippen LogP contribution in [0.4, 0.5) is 4.39 Å². The van der Waals surface area contributed by atoms with Gasteiger partial charge in [-0.15, -0.1) is 0 Å². The minimum Gasteiger partial charge on any atom is -0.380 e. The van der Waals surface area contributed by atoms with Gasteiger partial charge in [-0.25, -0.2) is 4.39 Å². The van der Waals surface area contributed by atoms with E-state index in [1.807, 2.05) is 6.07 Å². The number of rotatable bonds is 8. The molecule has 19 heavy (non-hydrogen) atoms. The highest BCUT2D eigenvalue weighted by atomic mass is 19.1. The van der Waals surface area contributed by atoms with Crippen molar-refractivity contribution < 1.29 is 9.13 Å². The molecule has 1 aromatic rings. The highest BCUT2D eigenvalue weighted by Gasteiger charge is 2.03. The number of halogens is 1. The van der Waals surface area contributed by atoms with E-state index in [0.717, 1.165) is 13.0 Å². The fourth-order valence-corrected chi connectivity index (χ4v) is 1.57. The fraction of sp³-hybridized carbons (Fsp3) is 0.533. The standard InChI is InChI=1S/C15H21FN2O/c1-12(2)5-7-19-8-6-18-11-14-9-13(10-17)3-4-15(14)16/h3-4,9,12,18H,5-8,11H2,1-2H3. The lowest BCUT2D eigenvalue weighted by molar-refractivity contribution is 0.125. The van der Waals surface area contributed by atoms with E-state index >= 15 is 0 Å². The molecule has 1 aromatic carbocycles. The Morgan fingerprint density at radius 1 is 1.37 bits per heavy atom. The third-order valence-corrected chi connectivity index (χ3v) is 2.75. The number of benzene rings is 1. The van der Waals surface area contributed by atoms with Crippen LogP contribution in [-0.4, -0.2) is 19.8 Å².